The lowest BCUT2D eigenvalue weighted by molar-refractivity contribution is -0.127. The Bertz CT molecular complexity index is 858. The Kier molecular flexibility index (Phi) is 9.47. The fourth-order valence-corrected chi connectivity index (χ4v) is 2.95. The maximum Gasteiger partial charge on any atom is 0.312 e. The van der Waals surface area contributed by atoms with Gasteiger partial charge >= 0.3 is 6.03 Å². The number of carbonyl (C=O) groups excluding carboxylic acids is 3. The first-order valence-electron chi connectivity index (χ1n) is 10.0. The number of rotatable bonds is 11. The number of benzene rings is 2. The molecule has 9 nitrogen and oxygen atoms in total. The first-order chi connectivity index (χ1) is 14.9. The smallest absolute Gasteiger partial charge is 0.312 e. The number of carbonyl (C=O) groups is 3. The molecule has 0 heterocycles. The summed E-state index contributed by atoms with van der Waals surface area (Å²) in [5.41, 5.74) is 13.3. The topological polar surface area (TPSA) is 160 Å². The van der Waals surface area contributed by atoms with Gasteiger partial charge in [-0.15, -0.1) is 0 Å². The van der Waals surface area contributed by atoms with Crippen molar-refractivity contribution in [1.82, 2.24) is 10.6 Å². The second-order valence-corrected chi connectivity index (χ2v) is 7.13. The van der Waals surface area contributed by atoms with E-state index in [1.54, 1.807) is 24.3 Å². The van der Waals surface area contributed by atoms with Crippen LogP contribution in [0.1, 0.15) is 24.0 Å². The van der Waals surface area contributed by atoms with Crippen LogP contribution in [-0.2, 0) is 22.6 Å². The highest BCUT2D eigenvalue weighted by atomic mass is 16.3. The standard InChI is InChI=1S/C22H29N5O4/c23-18(13-15-5-2-1-3-6-15)20(29)27-19(7-4-12-25-22(24)31)21(30)26-17-10-8-16(14-28)9-11-17/h1-3,5-6,8-11,18-19,28H,4,7,12-14,23H2,(H,26,30)(H,27,29)(H3,24,25,31). The number of amides is 4. The largest absolute Gasteiger partial charge is 0.392 e. The highest BCUT2D eigenvalue weighted by Gasteiger charge is 2.24. The molecule has 0 bridgehead atoms. The number of aliphatic hydroxyl groups excluding tert-OH is 1. The van der Waals surface area contributed by atoms with Gasteiger partial charge in [0.1, 0.15) is 6.04 Å². The van der Waals surface area contributed by atoms with Gasteiger partial charge < -0.3 is 32.5 Å². The maximum absolute atomic E-state index is 12.8. The predicted octanol–water partition coefficient (Wildman–Crippen LogP) is 0.621. The summed E-state index contributed by atoms with van der Waals surface area (Å²) in [6, 6.07) is 13.8. The Morgan fingerprint density at radius 2 is 1.61 bits per heavy atom. The van der Waals surface area contributed by atoms with Crippen molar-refractivity contribution in [2.75, 3.05) is 11.9 Å². The van der Waals surface area contributed by atoms with Crippen LogP contribution in [0.5, 0.6) is 0 Å². The normalized spacial score (nSPS) is 12.5. The highest BCUT2D eigenvalue weighted by molar-refractivity contribution is 5.97. The first-order valence-corrected chi connectivity index (χ1v) is 10.0. The average molecular weight is 428 g/mol. The third-order valence-corrected chi connectivity index (χ3v) is 4.64. The molecule has 0 fully saturated rings. The quantitative estimate of drug-likeness (QED) is 0.290. The van der Waals surface area contributed by atoms with Crippen molar-refractivity contribution in [1.29, 1.82) is 0 Å². The lowest BCUT2D eigenvalue weighted by Gasteiger charge is -2.21. The van der Waals surface area contributed by atoms with Gasteiger partial charge in [0, 0.05) is 12.2 Å². The number of hydrogen-bond acceptors (Lipinski definition) is 5. The fraction of sp³-hybridized carbons (Fsp3) is 0.318. The van der Waals surface area contributed by atoms with Crippen molar-refractivity contribution >= 4 is 23.5 Å². The Morgan fingerprint density at radius 3 is 2.23 bits per heavy atom. The van der Waals surface area contributed by atoms with Crippen LogP contribution < -0.4 is 27.4 Å². The van der Waals surface area contributed by atoms with Gasteiger partial charge in [-0.1, -0.05) is 42.5 Å². The van der Waals surface area contributed by atoms with E-state index in [0.29, 0.717) is 24.1 Å². The summed E-state index contributed by atoms with van der Waals surface area (Å²) in [5.74, 6) is -0.849. The minimum Gasteiger partial charge on any atom is -0.392 e. The number of urea groups is 1. The molecular formula is C22H29N5O4. The molecule has 2 unspecified atom stereocenters. The lowest BCUT2D eigenvalue weighted by Crippen LogP contribution is -2.50. The molecule has 0 aromatic heterocycles. The first kappa shape index (κ1) is 23.8. The SMILES string of the molecule is NC(=O)NCCCC(NC(=O)C(N)Cc1ccccc1)C(=O)Nc1ccc(CO)cc1. The zero-order valence-corrected chi connectivity index (χ0v) is 17.2. The zero-order valence-electron chi connectivity index (χ0n) is 17.2. The fourth-order valence-electron chi connectivity index (χ4n) is 2.95. The van der Waals surface area contributed by atoms with Crippen LogP contribution in [0.25, 0.3) is 0 Å². The minimum atomic E-state index is -0.846. The molecule has 0 radical (unpaired) electrons. The van der Waals surface area contributed by atoms with E-state index >= 15 is 0 Å². The lowest BCUT2D eigenvalue weighted by atomic mass is 10.0. The van der Waals surface area contributed by atoms with E-state index in [1.165, 1.54) is 0 Å². The minimum absolute atomic E-state index is 0.0981. The molecule has 2 rings (SSSR count). The molecule has 2 aromatic carbocycles. The van der Waals surface area contributed by atoms with Gasteiger partial charge in [0.2, 0.25) is 11.8 Å². The molecular weight excluding hydrogens is 398 g/mol. The van der Waals surface area contributed by atoms with Crippen molar-refractivity contribution in [3.05, 3.63) is 65.7 Å². The molecule has 166 valence electrons. The van der Waals surface area contributed by atoms with Gasteiger partial charge in [-0.25, -0.2) is 4.79 Å². The van der Waals surface area contributed by atoms with Crippen molar-refractivity contribution in [2.45, 2.75) is 38.0 Å². The van der Waals surface area contributed by atoms with Crippen molar-refractivity contribution in [3.63, 3.8) is 0 Å². The summed E-state index contributed by atoms with van der Waals surface area (Å²) in [6.45, 7) is 0.176. The van der Waals surface area contributed by atoms with Crippen LogP contribution in [0.15, 0.2) is 54.6 Å². The monoisotopic (exact) mass is 427 g/mol. The number of nitrogens with one attached hydrogen (secondary N) is 3. The van der Waals surface area contributed by atoms with Gasteiger partial charge in [-0.2, -0.15) is 0 Å². The second-order valence-electron chi connectivity index (χ2n) is 7.13. The average Bonchev–Trinajstić information content (AvgIpc) is 2.76. The van der Waals surface area contributed by atoms with Crippen LogP contribution in [0.3, 0.4) is 0 Å². The number of nitrogens with two attached hydrogens (primary N) is 2. The van der Waals surface area contributed by atoms with Gasteiger partial charge in [0.25, 0.3) is 0 Å². The van der Waals surface area contributed by atoms with Crippen molar-refractivity contribution < 1.29 is 19.5 Å². The van der Waals surface area contributed by atoms with Crippen LogP contribution in [0.4, 0.5) is 10.5 Å². The van der Waals surface area contributed by atoms with Gasteiger partial charge in [0.05, 0.1) is 12.6 Å². The molecule has 4 amide bonds. The van der Waals surface area contributed by atoms with Gasteiger partial charge in [0.15, 0.2) is 0 Å². The van der Waals surface area contributed by atoms with Crippen molar-refractivity contribution in [2.24, 2.45) is 11.5 Å². The van der Waals surface area contributed by atoms with E-state index in [-0.39, 0.29) is 19.6 Å². The third-order valence-electron chi connectivity index (χ3n) is 4.64. The summed E-state index contributed by atoms with van der Waals surface area (Å²) in [7, 11) is 0. The third kappa shape index (κ3) is 8.45. The molecule has 0 aliphatic heterocycles. The Morgan fingerprint density at radius 1 is 0.935 bits per heavy atom. The summed E-state index contributed by atoms with van der Waals surface area (Å²) in [6.07, 6.45) is 1.05. The molecule has 0 saturated carbocycles. The number of aliphatic hydroxyl groups is 1. The van der Waals surface area contributed by atoms with E-state index in [4.69, 9.17) is 16.6 Å². The molecule has 2 atom stereocenters. The van der Waals surface area contributed by atoms with E-state index in [9.17, 15) is 14.4 Å². The van der Waals surface area contributed by atoms with Crippen LogP contribution in [0, 0.1) is 0 Å². The molecule has 31 heavy (non-hydrogen) atoms. The molecule has 0 saturated heterocycles. The van der Waals surface area contributed by atoms with Gasteiger partial charge in [-0.3, -0.25) is 9.59 Å². The number of hydrogen-bond donors (Lipinski definition) is 6. The molecule has 0 aliphatic rings. The Labute approximate surface area is 181 Å². The van der Waals surface area contributed by atoms with E-state index in [0.717, 1.165) is 5.56 Å². The summed E-state index contributed by atoms with van der Waals surface area (Å²) >= 11 is 0. The molecule has 2 aromatic rings. The van der Waals surface area contributed by atoms with E-state index < -0.39 is 29.9 Å². The Hall–Kier alpha value is -3.43. The van der Waals surface area contributed by atoms with E-state index in [2.05, 4.69) is 16.0 Å². The van der Waals surface area contributed by atoms with E-state index in [1.807, 2.05) is 30.3 Å². The molecule has 8 N–H and O–H groups in total. The van der Waals surface area contributed by atoms with Crippen molar-refractivity contribution in [3.8, 4) is 0 Å². The number of anilines is 1. The predicted molar refractivity (Wildman–Crippen MR) is 118 cm³/mol. The summed E-state index contributed by atoms with van der Waals surface area (Å²) in [5, 5.41) is 17.0. The molecule has 0 spiro atoms. The molecule has 9 heteroatoms. The van der Waals surface area contributed by atoms with Crippen LogP contribution in [-0.4, -0.2) is 41.6 Å². The Balaban J connectivity index is 2.00. The summed E-state index contributed by atoms with van der Waals surface area (Å²) < 4.78 is 0. The second kappa shape index (κ2) is 12.3. The summed E-state index contributed by atoms with van der Waals surface area (Å²) in [4.78, 5) is 36.2. The highest BCUT2D eigenvalue weighted by Crippen LogP contribution is 2.11. The molecule has 0 aliphatic carbocycles. The van der Waals surface area contributed by atoms with Crippen LogP contribution >= 0.6 is 0 Å². The van der Waals surface area contributed by atoms with Crippen LogP contribution in [0.2, 0.25) is 0 Å². The number of primary amides is 1. The zero-order chi connectivity index (χ0) is 22.6. The maximum atomic E-state index is 12.8. The van der Waals surface area contributed by atoms with Gasteiger partial charge in [-0.05, 0) is 42.5 Å².